The Morgan fingerprint density at radius 2 is 0.750 bits per heavy atom. The molecule has 0 atom stereocenters. The van der Waals surface area contributed by atoms with Gasteiger partial charge in [-0.2, -0.15) is 0 Å². The molecule has 0 rings (SSSR count). The first-order chi connectivity index (χ1) is 9.48. The van der Waals surface area contributed by atoms with Crippen molar-refractivity contribution in [3.8, 4) is 0 Å². The first-order valence-electron chi connectivity index (χ1n) is 8.37. The van der Waals surface area contributed by atoms with Gasteiger partial charge in [-0.1, -0.05) is 41.5 Å². The summed E-state index contributed by atoms with van der Waals surface area (Å²) in [6.45, 7) is 19.3. The minimum absolute atomic E-state index is 0.896. The van der Waals surface area contributed by atoms with E-state index in [0.29, 0.717) is 0 Å². The maximum absolute atomic E-state index is 11.3. The maximum Gasteiger partial charge on any atom is 0.229 e. The Balaban J connectivity index is 4.89. The summed E-state index contributed by atoms with van der Waals surface area (Å²) in [5.74, 6) is 0. The molecule has 1 N–H and O–H groups in total. The Hall–Kier alpha value is 0.0569. The zero-order chi connectivity index (χ0) is 15.6. The molecular weight excluding hydrogens is 266 g/mol. The van der Waals surface area contributed by atoms with Crippen LogP contribution in [-0.2, 0) is 0 Å². The molecule has 0 fully saturated rings. The standard InChI is InChI=1S/C15H37N3OSi/c1-7-16(8-2)13-20(19,14-17(9-3)10-4)15-18(11-5)12-6/h19H,7-15H2,1-6H3. The summed E-state index contributed by atoms with van der Waals surface area (Å²) in [4.78, 5) is 18.5. The first kappa shape index (κ1) is 20.1. The lowest BCUT2D eigenvalue weighted by atomic mass is 10.6. The van der Waals surface area contributed by atoms with E-state index >= 15 is 0 Å². The van der Waals surface area contributed by atoms with E-state index in [2.05, 4.69) is 56.2 Å². The fourth-order valence-electron chi connectivity index (χ4n) is 2.74. The average Bonchev–Trinajstić information content (AvgIpc) is 2.48. The van der Waals surface area contributed by atoms with Gasteiger partial charge in [-0.15, -0.1) is 0 Å². The van der Waals surface area contributed by atoms with Crippen LogP contribution in [0.4, 0.5) is 0 Å². The van der Waals surface area contributed by atoms with Crippen molar-refractivity contribution in [2.24, 2.45) is 0 Å². The zero-order valence-electron chi connectivity index (χ0n) is 14.7. The van der Waals surface area contributed by atoms with Gasteiger partial charge in [0.1, 0.15) is 0 Å². The van der Waals surface area contributed by atoms with Gasteiger partial charge in [0.25, 0.3) is 0 Å². The van der Waals surface area contributed by atoms with E-state index in [9.17, 15) is 4.80 Å². The highest BCUT2D eigenvalue weighted by molar-refractivity contribution is 6.73. The summed E-state index contributed by atoms with van der Waals surface area (Å²) in [5.41, 5.74) is 0. The van der Waals surface area contributed by atoms with Crippen LogP contribution in [0.15, 0.2) is 0 Å². The molecule has 0 spiro atoms. The van der Waals surface area contributed by atoms with Crippen molar-refractivity contribution in [1.82, 2.24) is 14.7 Å². The van der Waals surface area contributed by atoms with E-state index in [1.807, 2.05) is 0 Å². The molecule has 0 saturated heterocycles. The molecule has 122 valence electrons. The molecule has 0 amide bonds. The van der Waals surface area contributed by atoms with Gasteiger partial charge in [0.15, 0.2) is 0 Å². The van der Waals surface area contributed by atoms with E-state index in [0.717, 1.165) is 57.8 Å². The van der Waals surface area contributed by atoms with Gasteiger partial charge in [-0.3, -0.25) is 0 Å². The van der Waals surface area contributed by atoms with Crippen LogP contribution in [0, 0.1) is 0 Å². The zero-order valence-corrected chi connectivity index (χ0v) is 15.7. The minimum Gasteiger partial charge on any atom is -0.428 e. The Kier molecular flexibility index (Phi) is 10.8. The molecule has 0 aliphatic rings. The fraction of sp³-hybridized carbons (Fsp3) is 1.00. The van der Waals surface area contributed by atoms with Crippen molar-refractivity contribution >= 4 is 8.32 Å². The minimum atomic E-state index is -2.29. The van der Waals surface area contributed by atoms with Crippen molar-refractivity contribution in [2.75, 3.05) is 57.8 Å². The van der Waals surface area contributed by atoms with E-state index < -0.39 is 8.32 Å². The van der Waals surface area contributed by atoms with E-state index in [1.165, 1.54) is 0 Å². The smallest absolute Gasteiger partial charge is 0.229 e. The Morgan fingerprint density at radius 3 is 0.900 bits per heavy atom. The first-order valence-corrected chi connectivity index (χ1v) is 10.9. The SMILES string of the molecule is CCN(CC)C[Si](O)(CN(CC)CC)CN(CC)CC. The van der Waals surface area contributed by atoms with Gasteiger partial charge in [-0.25, -0.2) is 0 Å². The third kappa shape index (κ3) is 7.18. The summed E-state index contributed by atoms with van der Waals surface area (Å²) >= 11 is 0. The van der Waals surface area contributed by atoms with Crippen molar-refractivity contribution in [2.45, 2.75) is 41.5 Å². The van der Waals surface area contributed by atoms with Crippen molar-refractivity contribution in [1.29, 1.82) is 0 Å². The molecular formula is C15H37N3OSi. The molecule has 0 aliphatic carbocycles. The molecule has 0 aliphatic heterocycles. The third-order valence-electron chi connectivity index (χ3n) is 4.24. The number of rotatable bonds is 12. The van der Waals surface area contributed by atoms with Crippen LogP contribution in [0.25, 0.3) is 0 Å². The molecule has 0 unspecified atom stereocenters. The predicted molar refractivity (Wildman–Crippen MR) is 91.3 cm³/mol. The molecule has 0 aromatic carbocycles. The number of nitrogens with zero attached hydrogens (tertiary/aromatic N) is 3. The van der Waals surface area contributed by atoms with Crippen LogP contribution in [-0.4, -0.2) is 85.6 Å². The number of hydrogen-bond acceptors (Lipinski definition) is 4. The number of hydrogen-bond donors (Lipinski definition) is 1. The molecule has 0 radical (unpaired) electrons. The monoisotopic (exact) mass is 303 g/mol. The second-order valence-corrected chi connectivity index (χ2v) is 9.01. The normalized spacial score (nSPS) is 12.9. The van der Waals surface area contributed by atoms with Gasteiger partial charge in [0.05, 0.1) is 0 Å². The Labute approximate surface area is 127 Å². The van der Waals surface area contributed by atoms with Gasteiger partial charge in [0, 0.05) is 18.5 Å². The highest BCUT2D eigenvalue weighted by atomic mass is 28.4. The highest BCUT2D eigenvalue weighted by Gasteiger charge is 2.35. The fourth-order valence-corrected chi connectivity index (χ4v) is 6.88. The topological polar surface area (TPSA) is 30.0 Å². The van der Waals surface area contributed by atoms with Crippen molar-refractivity contribution in [3.05, 3.63) is 0 Å². The van der Waals surface area contributed by atoms with E-state index in [-0.39, 0.29) is 0 Å². The molecule has 0 heterocycles. The largest absolute Gasteiger partial charge is 0.428 e. The van der Waals surface area contributed by atoms with Gasteiger partial charge in [-0.05, 0) is 39.3 Å². The van der Waals surface area contributed by atoms with Gasteiger partial charge < -0.3 is 19.5 Å². The van der Waals surface area contributed by atoms with Crippen molar-refractivity contribution < 1.29 is 4.80 Å². The van der Waals surface area contributed by atoms with Crippen LogP contribution in [0.5, 0.6) is 0 Å². The summed E-state index contributed by atoms with van der Waals surface area (Å²) in [7, 11) is -2.29. The molecule has 0 saturated carbocycles. The van der Waals surface area contributed by atoms with Crippen LogP contribution in [0.2, 0.25) is 0 Å². The summed E-state index contributed by atoms with van der Waals surface area (Å²) < 4.78 is 0. The Morgan fingerprint density at radius 1 is 0.550 bits per heavy atom. The van der Waals surface area contributed by atoms with E-state index in [1.54, 1.807) is 0 Å². The molecule has 0 bridgehead atoms. The summed E-state index contributed by atoms with van der Waals surface area (Å²) in [5, 5.41) is 0. The van der Waals surface area contributed by atoms with Crippen LogP contribution < -0.4 is 0 Å². The van der Waals surface area contributed by atoms with Crippen LogP contribution in [0.3, 0.4) is 0 Å². The molecule has 5 heteroatoms. The third-order valence-corrected chi connectivity index (χ3v) is 7.34. The lowest BCUT2D eigenvalue weighted by molar-refractivity contribution is 0.265. The van der Waals surface area contributed by atoms with Crippen molar-refractivity contribution in [3.63, 3.8) is 0 Å². The quantitative estimate of drug-likeness (QED) is 0.554. The van der Waals surface area contributed by atoms with Crippen LogP contribution in [0.1, 0.15) is 41.5 Å². The highest BCUT2D eigenvalue weighted by Crippen LogP contribution is 2.08. The average molecular weight is 304 g/mol. The Bertz CT molecular complexity index is 193. The van der Waals surface area contributed by atoms with Gasteiger partial charge >= 0.3 is 0 Å². The summed E-state index contributed by atoms with van der Waals surface area (Å²) in [6.07, 6.45) is 2.69. The van der Waals surface area contributed by atoms with Crippen LogP contribution >= 0.6 is 0 Å². The molecule has 4 nitrogen and oxygen atoms in total. The second kappa shape index (κ2) is 10.7. The van der Waals surface area contributed by atoms with Gasteiger partial charge in [0.2, 0.25) is 8.32 Å². The second-order valence-electron chi connectivity index (χ2n) is 5.61. The summed E-state index contributed by atoms with van der Waals surface area (Å²) in [6, 6.07) is 0. The lowest BCUT2D eigenvalue weighted by Crippen LogP contribution is -2.62. The lowest BCUT2D eigenvalue weighted by Gasteiger charge is -2.37. The van der Waals surface area contributed by atoms with E-state index in [4.69, 9.17) is 0 Å². The molecule has 0 aromatic heterocycles. The molecule has 20 heavy (non-hydrogen) atoms. The predicted octanol–water partition coefficient (Wildman–Crippen LogP) is 1.57. The maximum atomic E-state index is 11.3. The molecule has 0 aromatic rings.